The summed E-state index contributed by atoms with van der Waals surface area (Å²) in [5.41, 5.74) is 6.23. The van der Waals surface area contributed by atoms with E-state index in [1.165, 1.54) is 49.0 Å². The number of hydrogen-bond donors (Lipinski definition) is 1. The van der Waals surface area contributed by atoms with Crippen molar-refractivity contribution >= 4 is 17.9 Å². The Labute approximate surface area is 319 Å². The van der Waals surface area contributed by atoms with Crippen molar-refractivity contribution in [1.29, 1.82) is 0 Å². The van der Waals surface area contributed by atoms with Gasteiger partial charge >= 0.3 is 6.09 Å². The monoisotopic (exact) mass is 724 g/mol. The van der Waals surface area contributed by atoms with Gasteiger partial charge in [0.1, 0.15) is 12.4 Å². The van der Waals surface area contributed by atoms with E-state index in [0.29, 0.717) is 36.8 Å². The number of hydrogen-bond acceptors (Lipinski definition) is 5. The quantitative estimate of drug-likeness (QED) is 0.141. The van der Waals surface area contributed by atoms with Crippen LogP contribution in [0, 0.1) is 23.7 Å². The summed E-state index contributed by atoms with van der Waals surface area (Å²) < 4.78 is 11.6. The predicted molar refractivity (Wildman–Crippen MR) is 209 cm³/mol. The molecular formula is C47H52N2O5. The van der Waals surface area contributed by atoms with Crippen LogP contribution in [0.15, 0.2) is 103 Å². The summed E-state index contributed by atoms with van der Waals surface area (Å²) >= 11 is 0. The van der Waals surface area contributed by atoms with Gasteiger partial charge in [-0.3, -0.25) is 9.59 Å². The van der Waals surface area contributed by atoms with Crippen molar-refractivity contribution in [3.05, 3.63) is 137 Å². The van der Waals surface area contributed by atoms with E-state index in [9.17, 15) is 14.4 Å². The highest BCUT2D eigenvalue weighted by molar-refractivity contribution is 5.95. The topological polar surface area (TPSA) is 84.9 Å². The molecule has 9 rings (SSSR count). The van der Waals surface area contributed by atoms with Crippen LogP contribution in [0.1, 0.15) is 90.0 Å². The number of nitrogens with zero attached hydrogens (tertiary/aromatic N) is 1. The van der Waals surface area contributed by atoms with Gasteiger partial charge in [-0.1, -0.05) is 91.9 Å². The van der Waals surface area contributed by atoms with Crippen LogP contribution >= 0.6 is 0 Å². The van der Waals surface area contributed by atoms with Crippen molar-refractivity contribution in [3.63, 3.8) is 0 Å². The molecule has 0 radical (unpaired) electrons. The number of benzene rings is 4. The van der Waals surface area contributed by atoms with Crippen molar-refractivity contribution < 1.29 is 23.9 Å². The maximum absolute atomic E-state index is 14.4. The minimum atomic E-state index is -0.586. The van der Waals surface area contributed by atoms with E-state index in [1.54, 1.807) is 0 Å². The average molecular weight is 725 g/mol. The van der Waals surface area contributed by atoms with E-state index in [-0.39, 0.29) is 31.0 Å². The van der Waals surface area contributed by atoms with Gasteiger partial charge in [-0.15, -0.1) is 0 Å². The Bertz CT molecular complexity index is 1910. The zero-order chi connectivity index (χ0) is 37.1. The lowest BCUT2D eigenvalue weighted by Gasteiger charge is -2.57. The van der Waals surface area contributed by atoms with E-state index >= 15 is 0 Å². The first-order chi connectivity index (χ1) is 26.4. The fraction of sp³-hybridized carbons (Fsp3) is 0.426. The predicted octanol–water partition coefficient (Wildman–Crippen LogP) is 8.86. The molecule has 1 saturated heterocycles. The maximum atomic E-state index is 14.4. The van der Waals surface area contributed by atoms with Gasteiger partial charge in [0, 0.05) is 23.6 Å². The molecule has 280 valence electrons. The van der Waals surface area contributed by atoms with E-state index in [2.05, 4.69) is 24.4 Å². The van der Waals surface area contributed by atoms with Crippen molar-refractivity contribution in [2.75, 3.05) is 13.2 Å². The van der Waals surface area contributed by atoms with E-state index in [4.69, 9.17) is 9.47 Å². The summed E-state index contributed by atoms with van der Waals surface area (Å²) in [6.45, 7) is 3.09. The number of cyclic esters (lactones) is 1. The summed E-state index contributed by atoms with van der Waals surface area (Å²) in [5.74, 6) is 2.48. The third-order valence-corrected chi connectivity index (χ3v) is 12.5. The van der Waals surface area contributed by atoms with Crippen LogP contribution in [-0.2, 0) is 40.8 Å². The Morgan fingerprint density at radius 3 is 2.09 bits per heavy atom. The fourth-order valence-electron chi connectivity index (χ4n) is 10.4. The summed E-state index contributed by atoms with van der Waals surface area (Å²) in [6.07, 6.45) is 9.84. The first kappa shape index (κ1) is 36.1. The Balaban J connectivity index is 0.990. The second kappa shape index (κ2) is 15.8. The second-order valence-corrected chi connectivity index (χ2v) is 16.5. The molecule has 4 aliphatic carbocycles. The molecule has 1 aliphatic heterocycles. The third kappa shape index (κ3) is 7.82. The molecule has 4 saturated carbocycles. The third-order valence-electron chi connectivity index (χ3n) is 12.5. The molecule has 4 aromatic carbocycles. The lowest BCUT2D eigenvalue weighted by atomic mass is 9.48. The number of amides is 3. The molecular weight excluding hydrogens is 673 g/mol. The number of carbonyl (C=O) groups is 3. The summed E-state index contributed by atoms with van der Waals surface area (Å²) in [6, 6.07) is 33.9. The molecule has 0 spiro atoms. The highest BCUT2D eigenvalue weighted by Gasteiger charge is 2.51. The zero-order valence-electron chi connectivity index (χ0n) is 31.4. The van der Waals surface area contributed by atoms with Crippen molar-refractivity contribution in [3.8, 4) is 5.75 Å². The molecule has 5 aliphatic rings. The highest BCUT2D eigenvalue weighted by atomic mass is 16.6. The molecule has 4 aromatic rings. The maximum Gasteiger partial charge on any atom is 0.416 e. The minimum Gasteiger partial charge on any atom is -0.493 e. The van der Waals surface area contributed by atoms with Crippen LogP contribution in [0.4, 0.5) is 4.79 Å². The van der Waals surface area contributed by atoms with Gasteiger partial charge in [-0.25, -0.2) is 9.69 Å². The number of imide groups is 1. The lowest BCUT2D eigenvalue weighted by Crippen LogP contribution is -2.48. The zero-order valence-corrected chi connectivity index (χ0v) is 31.4. The number of nitrogens with one attached hydrogen (secondary N) is 1. The van der Waals surface area contributed by atoms with Crippen molar-refractivity contribution in [2.24, 2.45) is 23.7 Å². The molecule has 54 heavy (non-hydrogen) atoms. The first-order valence-electron chi connectivity index (χ1n) is 20.1. The largest absolute Gasteiger partial charge is 0.493 e. The molecule has 1 N–H and O–H groups in total. The Hall–Kier alpha value is -4.91. The Morgan fingerprint density at radius 2 is 1.44 bits per heavy atom. The van der Waals surface area contributed by atoms with Crippen LogP contribution < -0.4 is 10.1 Å². The lowest BCUT2D eigenvalue weighted by molar-refractivity contribution is -0.133. The molecule has 4 bridgehead atoms. The SMILES string of the molecule is CCCOc1ccc(C[C@H](Cc2ccccc2)C(=O)N2C(=O)OC[C@@H]2Cc2ccccc2)cc1CNC(=O)c1ccc(C23CC4CC(CC(C4)C2)C3)cc1. The second-order valence-electron chi connectivity index (χ2n) is 16.5. The van der Waals surface area contributed by atoms with Gasteiger partial charge in [0.05, 0.1) is 12.6 Å². The first-order valence-corrected chi connectivity index (χ1v) is 20.1. The fourth-order valence-corrected chi connectivity index (χ4v) is 10.4. The van der Waals surface area contributed by atoms with Crippen LogP contribution in [-0.4, -0.2) is 42.1 Å². The number of carbonyl (C=O) groups excluding carboxylic acids is 3. The summed E-state index contributed by atoms with van der Waals surface area (Å²) in [4.78, 5) is 42.3. The van der Waals surface area contributed by atoms with Gasteiger partial charge in [0.15, 0.2) is 0 Å². The molecule has 0 aromatic heterocycles. The summed E-state index contributed by atoms with van der Waals surface area (Å²) in [7, 11) is 0. The molecule has 3 amide bonds. The van der Waals surface area contributed by atoms with E-state index in [1.807, 2.05) is 91.0 Å². The summed E-state index contributed by atoms with van der Waals surface area (Å²) in [5, 5.41) is 3.15. The normalized spacial score (nSPS) is 24.6. The Morgan fingerprint density at radius 1 is 0.815 bits per heavy atom. The molecule has 7 heteroatoms. The van der Waals surface area contributed by atoms with Crippen LogP contribution in [0.5, 0.6) is 5.75 Å². The van der Waals surface area contributed by atoms with Gasteiger partial charge in [-0.05, 0) is 128 Å². The van der Waals surface area contributed by atoms with Gasteiger partial charge in [0.2, 0.25) is 5.91 Å². The Kier molecular flexibility index (Phi) is 10.6. The number of ether oxygens (including phenoxy) is 2. The molecule has 7 nitrogen and oxygen atoms in total. The smallest absolute Gasteiger partial charge is 0.416 e. The van der Waals surface area contributed by atoms with Crippen LogP contribution in [0.3, 0.4) is 0 Å². The van der Waals surface area contributed by atoms with Crippen LogP contribution in [0.25, 0.3) is 0 Å². The number of rotatable bonds is 14. The molecule has 0 unspecified atom stereocenters. The highest BCUT2D eigenvalue weighted by Crippen LogP contribution is 2.60. The average Bonchev–Trinajstić information content (AvgIpc) is 3.55. The van der Waals surface area contributed by atoms with E-state index in [0.717, 1.165) is 52.2 Å². The van der Waals surface area contributed by atoms with Gasteiger partial charge in [-0.2, -0.15) is 0 Å². The van der Waals surface area contributed by atoms with Crippen molar-refractivity contribution in [1.82, 2.24) is 10.2 Å². The van der Waals surface area contributed by atoms with E-state index < -0.39 is 12.0 Å². The molecule has 5 fully saturated rings. The van der Waals surface area contributed by atoms with Gasteiger partial charge in [0.25, 0.3) is 5.91 Å². The molecule has 1 heterocycles. The molecule has 2 atom stereocenters. The van der Waals surface area contributed by atoms with Crippen molar-refractivity contribution in [2.45, 2.75) is 89.1 Å². The van der Waals surface area contributed by atoms with Gasteiger partial charge < -0.3 is 14.8 Å². The van der Waals surface area contributed by atoms with Crippen LogP contribution in [0.2, 0.25) is 0 Å². The standard InChI is InChI=1S/C47H52N2O5/c1-2-19-53-43-18-13-34(24-39(23-32-9-5-3-6-10-32)45(51)49-42(31-54-46(49)52)26-33-11-7-4-8-12-33)25-40(43)30-48-44(50)38-14-16-41(17-15-38)47-27-35-20-36(28-47)22-37(21-35)29-47/h3-18,25,35-37,39,42H,2,19-24,26-31H2,1H3,(H,48,50)/t35?,36?,37?,39-,42-,47?/m0/s1. The minimum absolute atomic E-state index is 0.118.